The lowest BCUT2D eigenvalue weighted by atomic mass is 10.1. The molecule has 0 saturated carbocycles. The molecule has 0 aliphatic heterocycles. The van der Waals surface area contributed by atoms with Gasteiger partial charge in [-0.05, 0) is 25.5 Å². The summed E-state index contributed by atoms with van der Waals surface area (Å²) in [5, 5.41) is 1.29. The molecular weight excluding hydrogens is 244 g/mol. The van der Waals surface area contributed by atoms with Gasteiger partial charge in [0, 0.05) is 28.2 Å². The molecule has 1 aromatic heterocycles. The molecule has 1 aromatic carbocycles. The molecule has 0 spiro atoms. The highest BCUT2D eigenvalue weighted by Crippen LogP contribution is 2.31. The highest BCUT2D eigenvalue weighted by atomic mass is 32.1. The van der Waals surface area contributed by atoms with E-state index in [-0.39, 0.29) is 0 Å². The van der Waals surface area contributed by atoms with Gasteiger partial charge >= 0.3 is 0 Å². The summed E-state index contributed by atoms with van der Waals surface area (Å²) in [4.78, 5) is 3.36. The minimum atomic E-state index is 0.589. The van der Waals surface area contributed by atoms with Crippen LogP contribution in [0.2, 0.25) is 0 Å². The summed E-state index contributed by atoms with van der Waals surface area (Å²) < 4.78 is 7.04. The van der Waals surface area contributed by atoms with Crippen LogP contribution >= 0.6 is 11.3 Å². The molecular formula is C14H20N2OS. The Kier molecular flexibility index (Phi) is 4.72. The molecule has 0 saturated heterocycles. The standard InChI is InChI=1S/C14H20N2OS/c1-16(2)7-8-17-10-12-11-5-3-4-6-13(11)18-14(12)9-15/h3-6H,7-10,15H2,1-2H3. The third-order valence-corrected chi connectivity index (χ3v) is 4.13. The first-order valence-electron chi connectivity index (χ1n) is 6.14. The van der Waals surface area contributed by atoms with Gasteiger partial charge in [-0.1, -0.05) is 18.2 Å². The van der Waals surface area contributed by atoms with Crippen molar-refractivity contribution in [2.24, 2.45) is 5.73 Å². The molecule has 2 rings (SSSR count). The van der Waals surface area contributed by atoms with Crippen molar-refractivity contribution in [2.45, 2.75) is 13.2 Å². The number of fused-ring (bicyclic) bond motifs is 1. The maximum atomic E-state index is 5.81. The second kappa shape index (κ2) is 6.29. The molecule has 18 heavy (non-hydrogen) atoms. The number of hydrogen-bond acceptors (Lipinski definition) is 4. The molecule has 0 aliphatic carbocycles. The lowest BCUT2D eigenvalue weighted by molar-refractivity contribution is 0.106. The number of likely N-dealkylation sites (N-methyl/N-ethyl adjacent to an activating group) is 1. The first-order valence-corrected chi connectivity index (χ1v) is 6.96. The number of hydrogen-bond donors (Lipinski definition) is 1. The van der Waals surface area contributed by atoms with Crippen LogP contribution in [0.3, 0.4) is 0 Å². The van der Waals surface area contributed by atoms with E-state index in [1.54, 1.807) is 11.3 Å². The van der Waals surface area contributed by atoms with Crippen molar-refractivity contribution < 1.29 is 4.74 Å². The Morgan fingerprint density at radius 2 is 2.06 bits per heavy atom. The fraction of sp³-hybridized carbons (Fsp3) is 0.429. The minimum absolute atomic E-state index is 0.589. The maximum Gasteiger partial charge on any atom is 0.0734 e. The van der Waals surface area contributed by atoms with Gasteiger partial charge in [-0.25, -0.2) is 0 Å². The van der Waals surface area contributed by atoms with Gasteiger partial charge in [0.25, 0.3) is 0 Å². The van der Waals surface area contributed by atoms with Crippen LogP contribution in [0, 0.1) is 0 Å². The van der Waals surface area contributed by atoms with E-state index in [1.165, 1.54) is 20.5 Å². The highest BCUT2D eigenvalue weighted by Gasteiger charge is 2.10. The zero-order chi connectivity index (χ0) is 13.0. The second-order valence-electron chi connectivity index (χ2n) is 4.56. The van der Waals surface area contributed by atoms with Gasteiger partial charge in [-0.15, -0.1) is 11.3 Å². The van der Waals surface area contributed by atoms with Crippen molar-refractivity contribution in [1.82, 2.24) is 4.90 Å². The number of benzene rings is 1. The van der Waals surface area contributed by atoms with E-state index in [1.807, 2.05) is 0 Å². The quantitative estimate of drug-likeness (QED) is 0.814. The van der Waals surface area contributed by atoms with Crippen LogP contribution in [0.4, 0.5) is 0 Å². The normalized spacial score (nSPS) is 11.6. The third-order valence-electron chi connectivity index (χ3n) is 2.90. The van der Waals surface area contributed by atoms with Crippen molar-refractivity contribution in [3.05, 3.63) is 34.7 Å². The molecule has 1 heterocycles. The summed E-state index contributed by atoms with van der Waals surface area (Å²) in [5.41, 5.74) is 7.07. The third kappa shape index (κ3) is 3.09. The van der Waals surface area contributed by atoms with Crippen LogP contribution in [0.5, 0.6) is 0 Å². The van der Waals surface area contributed by atoms with Gasteiger partial charge in [0.2, 0.25) is 0 Å². The highest BCUT2D eigenvalue weighted by molar-refractivity contribution is 7.19. The Balaban J connectivity index is 2.10. The molecule has 0 amide bonds. The summed E-state index contributed by atoms with van der Waals surface area (Å²) in [6.45, 7) is 2.94. The number of thiophene rings is 1. The molecule has 0 unspecified atom stereocenters. The Morgan fingerprint density at radius 1 is 1.28 bits per heavy atom. The van der Waals surface area contributed by atoms with E-state index in [4.69, 9.17) is 10.5 Å². The van der Waals surface area contributed by atoms with E-state index in [0.29, 0.717) is 13.2 Å². The van der Waals surface area contributed by atoms with Gasteiger partial charge in [0.1, 0.15) is 0 Å². The average molecular weight is 264 g/mol. The van der Waals surface area contributed by atoms with E-state index in [0.717, 1.165) is 13.2 Å². The summed E-state index contributed by atoms with van der Waals surface area (Å²) in [6.07, 6.45) is 0. The zero-order valence-electron chi connectivity index (χ0n) is 11.0. The average Bonchev–Trinajstić information content (AvgIpc) is 2.72. The van der Waals surface area contributed by atoms with Crippen LogP contribution in [0.25, 0.3) is 10.1 Å². The van der Waals surface area contributed by atoms with Gasteiger partial charge in [0.15, 0.2) is 0 Å². The number of rotatable bonds is 6. The predicted octanol–water partition coefficient (Wildman–Crippen LogP) is 2.44. The fourth-order valence-electron chi connectivity index (χ4n) is 1.89. The monoisotopic (exact) mass is 264 g/mol. The van der Waals surface area contributed by atoms with E-state index >= 15 is 0 Å². The molecule has 3 nitrogen and oxygen atoms in total. The van der Waals surface area contributed by atoms with Gasteiger partial charge in [0.05, 0.1) is 13.2 Å². The van der Waals surface area contributed by atoms with Crippen molar-refractivity contribution in [3.8, 4) is 0 Å². The number of ether oxygens (including phenoxy) is 1. The fourth-order valence-corrected chi connectivity index (χ4v) is 2.98. The van der Waals surface area contributed by atoms with Crippen molar-refractivity contribution in [2.75, 3.05) is 27.2 Å². The Hall–Kier alpha value is -0.940. The molecule has 98 valence electrons. The largest absolute Gasteiger partial charge is 0.375 e. The van der Waals surface area contributed by atoms with Crippen LogP contribution in [0.15, 0.2) is 24.3 Å². The minimum Gasteiger partial charge on any atom is -0.375 e. The molecule has 4 heteroatoms. The lowest BCUT2D eigenvalue weighted by Gasteiger charge is -2.10. The number of nitrogens with two attached hydrogens (primary N) is 1. The molecule has 0 fully saturated rings. The molecule has 0 atom stereocenters. The van der Waals surface area contributed by atoms with Crippen LogP contribution in [-0.2, 0) is 17.9 Å². The van der Waals surface area contributed by atoms with Crippen LogP contribution < -0.4 is 5.73 Å². The van der Waals surface area contributed by atoms with E-state index in [9.17, 15) is 0 Å². The first-order chi connectivity index (χ1) is 8.72. The molecule has 0 bridgehead atoms. The van der Waals surface area contributed by atoms with Crippen LogP contribution in [0.1, 0.15) is 10.4 Å². The molecule has 0 aliphatic rings. The van der Waals surface area contributed by atoms with Crippen molar-refractivity contribution >= 4 is 21.4 Å². The summed E-state index contributed by atoms with van der Waals surface area (Å²) >= 11 is 1.77. The maximum absolute atomic E-state index is 5.81. The molecule has 2 aromatic rings. The first kappa shape index (κ1) is 13.5. The summed E-state index contributed by atoms with van der Waals surface area (Å²) in [6, 6.07) is 8.42. The lowest BCUT2D eigenvalue weighted by Crippen LogP contribution is -2.18. The van der Waals surface area contributed by atoms with E-state index < -0.39 is 0 Å². The van der Waals surface area contributed by atoms with Gasteiger partial charge in [-0.2, -0.15) is 0 Å². The Bertz CT molecular complexity index is 507. The second-order valence-corrected chi connectivity index (χ2v) is 5.70. The molecule has 2 N–H and O–H groups in total. The molecule has 0 radical (unpaired) electrons. The Morgan fingerprint density at radius 3 is 2.78 bits per heavy atom. The predicted molar refractivity (Wildman–Crippen MR) is 77.9 cm³/mol. The zero-order valence-corrected chi connectivity index (χ0v) is 11.8. The van der Waals surface area contributed by atoms with E-state index in [2.05, 4.69) is 43.3 Å². The summed E-state index contributed by atoms with van der Waals surface area (Å²) in [5.74, 6) is 0. The number of nitrogens with zero attached hydrogens (tertiary/aromatic N) is 1. The van der Waals surface area contributed by atoms with Crippen molar-refractivity contribution in [3.63, 3.8) is 0 Å². The summed E-state index contributed by atoms with van der Waals surface area (Å²) in [7, 11) is 4.10. The Labute approximate surface area is 112 Å². The smallest absolute Gasteiger partial charge is 0.0734 e. The topological polar surface area (TPSA) is 38.5 Å². The van der Waals surface area contributed by atoms with Crippen LogP contribution in [-0.4, -0.2) is 32.1 Å². The van der Waals surface area contributed by atoms with Crippen molar-refractivity contribution in [1.29, 1.82) is 0 Å². The SMILES string of the molecule is CN(C)CCOCc1c(CN)sc2ccccc12. The van der Waals surface area contributed by atoms with Gasteiger partial charge < -0.3 is 15.4 Å². The van der Waals surface area contributed by atoms with Gasteiger partial charge in [-0.3, -0.25) is 0 Å².